The molecular weight excluding hydrogens is 1040 g/mol. The molecule has 7 amide bonds. The molecule has 422 valence electrons. The Morgan fingerprint density at radius 3 is 1.64 bits per heavy atom. The second kappa shape index (κ2) is 26.2. The van der Waals surface area contributed by atoms with E-state index in [0.717, 1.165) is 46.9 Å². The number of phenols is 1. The molecule has 0 aromatic heterocycles. The van der Waals surface area contributed by atoms with E-state index in [1.54, 1.807) is 12.1 Å². The molecule has 7 rings (SSSR count). The van der Waals surface area contributed by atoms with E-state index >= 15 is 0 Å². The summed E-state index contributed by atoms with van der Waals surface area (Å²) >= 11 is 0. The van der Waals surface area contributed by atoms with Crippen LogP contribution < -0.4 is 26.6 Å². The van der Waals surface area contributed by atoms with Crippen LogP contribution in [-0.4, -0.2) is 189 Å². The second-order valence-corrected chi connectivity index (χ2v) is 20.1. The Morgan fingerprint density at radius 2 is 1.09 bits per heavy atom. The van der Waals surface area contributed by atoms with Gasteiger partial charge in [0.25, 0.3) is 5.91 Å². The van der Waals surface area contributed by atoms with Crippen molar-refractivity contribution in [2.75, 3.05) is 13.1 Å². The summed E-state index contributed by atoms with van der Waals surface area (Å²) in [5.74, 6) is 2.68. The van der Waals surface area contributed by atoms with Crippen LogP contribution in [0.4, 0.5) is 0 Å². The van der Waals surface area contributed by atoms with Crippen molar-refractivity contribution in [3.8, 4) is 29.4 Å². The SMILES string of the molecule is C[C@@H](O)[C@@H]1NC(=O)[C@H]([C@H](O)[C@@H](O)c2ccc(O)cc2)NC(=O)[C@@H]2C[C@@H](O)CN2C(=O)[C@H]([C@@H](C)O)NC(=O)[C@@H](NC(=O)c2ccc(C#Cc3ccc(C#Cc4ccccc4)cc3)cc2)C[C@@H](O)[C@@H](O)NC(=O)[C@@H]2[C@@H](O)[C@@H](C)CN2C1=O. The molecule has 23 nitrogen and oxygen atoms in total. The Balaban J connectivity index is 1.18. The lowest BCUT2D eigenvalue weighted by atomic mass is 9.96. The minimum atomic E-state index is -2.30. The van der Waals surface area contributed by atoms with Gasteiger partial charge in [-0.2, -0.15) is 0 Å². The van der Waals surface area contributed by atoms with Gasteiger partial charge in [0.05, 0.1) is 24.4 Å². The predicted molar refractivity (Wildman–Crippen MR) is 282 cm³/mol. The lowest BCUT2D eigenvalue weighted by Crippen LogP contribution is -2.64. The summed E-state index contributed by atoms with van der Waals surface area (Å²) in [5, 5.41) is 111. The molecule has 3 aliphatic heterocycles. The smallest absolute Gasteiger partial charge is 0.251 e. The molecule has 4 aromatic rings. The van der Waals surface area contributed by atoms with Crippen molar-refractivity contribution in [2.24, 2.45) is 5.92 Å². The van der Waals surface area contributed by atoms with Gasteiger partial charge < -0.3 is 82.3 Å². The number of rotatable bonds is 7. The number of carbonyl (C=O) groups excluding carboxylic acids is 7. The van der Waals surface area contributed by atoms with Crippen molar-refractivity contribution < 1.29 is 79.5 Å². The fourth-order valence-corrected chi connectivity index (χ4v) is 9.42. The summed E-state index contributed by atoms with van der Waals surface area (Å²) < 4.78 is 0. The van der Waals surface area contributed by atoms with Crippen LogP contribution in [0.15, 0.2) is 103 Å². The molecule has 3 heterocycles. The van der Waals surface area contributed by atoms with E-state index in [2.05, 4.69) is 50.3 Å². The van der Waals surface area contributed by atoms with Crippen molar-refractivity contribution in [1.82, 2.24) is 36.4 Å². The number of carbonyl (C=O) groups is 7. The zero-order chi connectivity index (χ0) is 58.1. The van der Waals surface area contributed by atoms with Crippen molar-refractivity contribution in [3.63, 3.8) is 0 Å². The predicted octanol–water partition coefficient (Wildman–Crippen LogP) is -3.03. The molecule has 4 aromatic carbocycles. The number of benzene rings is 4. The molecule has 0 aliphatic carbocycles. The van der Waals surface area contributed by atoms with Crippen LogP contribution in [0.2, 0.25) is 0 Å². The van der Waals surface area contributed by atoms with E-state index in [1.165, 1.54) is 43.3 Å². The fraction of sp³-hybridized carbons (Fsp3) is 0.386. The van der Waals surface area contributed by atoms with Gasteiger partial charge >= 0.3 is 0 Å². The van der Waals surface area contributed by atoms with E-state index in [9.17, 15) is 79.5 Å². The number of nitrogens with one attached hydrogen (secondary N) is 5. The zero-order valence-electron chi connectivity index (χ0n) is 43.6. The molecule has 0 spiro atoms. The molecule has 0 radical (unpaired) electrons. The van der Waals surface area contributed by atoms with E-state index < -0.39 is 152 Å². The average molecular weight is 1100 g/mol. The molecule has 0 bridgehead atoms. The summed E-state index contributed by atoms with van der Waals surface area (Å²) in [4.78, 5) is 101. The van der Waals surface area contributed by atoms with Crippen molar-refractivity contribution in [3.05, 3.63) is 137 Å². The van der Waals surface area contributed by atoms with Gasteiger partial charge in [-0.15, -0.1) is 0 Å². The van der Waals surface area contributed by atoms with Gasteiger partial charge in [0, 0.05) is 59.7 Å². The number of amides is 7. The molecule has 15 atom stereocenters. The highest BCUT2D eigenvalue weighted by Crippen LogP contribution is 2.28. The second-order valence-electron chi connectivity index (χ2n) is 20.1. The molecule has 3 fully saturated rings. The Bertz CT molecular complexity index is 3030. The van der Waals surface area contributed by atoms with Crippen molar-refractivity contribution in [1.29, 1.82) is 0 Å². The molecule has 3 saturated heterocycles. The highest BCUT2D eigenvalue weighted by molar-refractivity contribution is 6.00. The van der Waals surface area contributed by atoms with Gasteiger partial charge in [-0.3, -0.25) is 33.6 Å². The first-order chi connectivity index (χ1) is 38.0. The summed E-state index contributed by atoms with van der Waals surface area (Å²) in [6, 6.07) is 15.5. The molecule has 80 heavy (non-hydrogen) atoms. The van der Waals surface area contributed by atoms with Crippen LogP contribution in [-0.2, 0) is 28.8 Å². The first-order valence-electron chi connectivity index (χ1n) is 25.7. The highest BCUT2D eigenvalue weighted by Gasteiger charge is 2.50. The number of aromatic hydroxyl groups is 1. The normalized spacial score (nSPS) is 27.6. The molecule has 3 aliphatic rings. The van der Waals surface area contributed by atoms with Crippen LogP contribution >= 0.6 is 0 Å². The standard InChI is InChI=1S/C57H63N7O16/c1-29-27-64-46(47(29)70)55(78)62-53(76)42(69)26-40(58-50(73)37-19-17-35(18-20-37)16-15-34-13-11-33(12-14-34)10-9-32-7-5-4-6-8-32)51(74)59-43(30(2)65)56(79)63-28-39(68)25-41(63)52(75)61-45(54(77)60-44(31(3)66)57(64)80)49(72)48(71)36-21-23-38(67)24-22-36/h4-8,11-14,17-24,29-31,39-49,53,65-72,76H,25-28H2,1-3H3,(H,58,73)(H,59,74)(H,60,77)(H,61,75)(H,62,78)/t29-,30+,31+,39+,40-,41-,42+,43-,44-,45-,46-,47-,48-,49-,53+/m0/s1. The van der Waals surface area contributed by atoms with Gasteiger partial charge in [0.15, 0.2) is 6.23 Å². The van der Waals surface area contributed by atoms with Crippen LogP contribution in [0.1, 0.15) is 77.9 Å². The maximum atomic E-state index is 14.4. The summed E-state index contributed by atoms with van der Waals surface area (Å²) in [5.41, 5.74) is 2.69. The molecule has 14 N–H and O–H groups in total. The number of aliphatic hydroxyl groups is 8. The third-order valence-corrected chi connectivity index (χ3v) is 14.0. The van der Waals surface area contributed by atoms with Gasteiger partial charge in [0.1, 0.15) is 60.3 Å². The summed E-state index contributed by atoms with van der Waals surface area (Å²) in [6.45, 7) is 2.67. The highest BCUT2D eigenvalue weighted by atomic mass is 16.3. The molecule has 0 unspecified atom stereocenters. The third-order valence-electron chi connectivity index (χ3n) is 14.0. The van der Waals surface area contributed by atoms with Crippen LogP contribution in [0.3, 0.4) is 0 Å². The number of hydrogen-bond acceptors (Lipinski definition) is 16. The zero-order valence-corrected chi connectivity index (χ0v) is 43.6. The van der Waals surface area contributed by atoms with Gasteiger partial charge in [-0.25, -0.2) is 0 Å². The van der Waals surface area contributed by atoms with Gasteiger partial charge in [0.2, 0.25) is 35.4 Å². The number of fused-ring (bicyclic) bond motifs is 2. The lowest BCUT2D eigenvalue weighted by Gasteiger charge is -2.34. The van der Waals surface area contributed by atoms with E-state index in [1.807, 2.05) is 42.5 Å². The van der Waals surface area contributed by atoms with Crippen LogP contribution in [0.25, 0.3) is 0 Å². The van der Waals surface area contributed by atoms with Crippen molar-refractivity contribution >= 4 is 41.4 Å². The number of phenolic OH excluding ortho intramolecular Hbond substituents is 1. The molecule has 23 heteroatoms. The number of nitrogens with zero attached hydrogens (tertiary/aromatic N) is 2. The molecule has 0 saturated carbocycles. The Hall–Kier alpha value is -8.23. The Morgan fingerprint density at radius 1 is 0.588 bits per heavy atom. The lowest BCUT2D eigenvalue weighted by molar-refractivity contribution is -0.148. The minimum absolute atomic E-state index is 0.0324. The quantitative estimate of drug-likeness (QED) is 0.0819. The van der Waals surface area contributed by atoms with E-state index in [-0.39, 0.29) is 23.4 Å². The Kier molecular flexibility index (Phi) is 19.4. The molecular formula is C57H63N7O16. The minimum Gasteiger partial charge on any atom is -0.508 e. The third kappa shape index (κ3) is 14.3. The van der Waals surface area contributed by atoms with Crippen LogP contribution in [0.5, 0.6) is 5.75 Å². The van der Waals surface area contributed by atoms with Crippen molar-refractivity contribution in [2.45, 2.75) is 119 Å². The van der Waals surface area contributed by atoms with E-state index in [0.29, 0.717) is 11.1 Å². The van der Waals surface area contributed by atoms with Crippen LogP contribution in [0, 0.1) is 29.6 Å². The average Bonchev–Trinajstić information content (AvgIpc) is 3.99. The largest absolute Gasteiger partial charge is 0.508 e. The number of hydrogen-bond donors (Lipinski definition) is 14. The summed E-state index contributed by atoms with van der Waals surface area (Å²) in [7, 11) is 0. The van der Waals surface area contributed by atoms with E-state index in [4.69, 9.17) is 0 Å². The first kappa shape index (κ1) is 59.4. The number of aliphatic hydroxyl groups excluding tert-OH is 8. The maximum Gasteiger partial charge on any atom is 0.251 e. The maximum absolute atomic E-state index is 14.4. The monoisotopic (exact) mass is 1100 g/mol. The Labute approximate surface area is 459 Å². The fourth-order valence-electron chi connectivity index (χ4n) is 9.42. The van der Waals surface area contributed by atoms with Gasteiger partial charge in [-0.05, 0) is 92.2 Å². The summed E-state index contributed by atoms with van der Waals surface area (Å²) in [6.07, 6.45) is -16.8. The van der Waals surface area contributed by atoms with Gasteiger partial charge in [-0.1, -0.05) is 60.9 Å². The first-order valence-corrected chi connectivity index (χ1v) is 25.7. The topological polar surface area (TPSA) is 368 Å².